The minimum atomic E-state index is -1.43. The molecule has 3 atom stereocenters. The Hall–Kier alpha value is -5.97. The fourth-order valence-electron chi connectivity index (χ4n) is 6.23. The SMILES string of the molecule is CC.CC.CC.O=Cc1cc(O)c2ccccc2c1.[B]C(C)(O)C#C.[B]C1(C)C=Cc2c(C(C)C)cc3ccccc3c2O1.[B]C1(C)C=Cc2c(C=O)cc3ccccc3c2O1. The number of fused-ring (bicyclic) bond motifs is 7. The molecule has 316 valence electrons. The van der Waals surface area contributed by atoms with Gasteiger partial charge in [-0.05, 0) is 66.6 Å². The summed E-state index contributed by atoms with van der Waals surface area (Å²) in [5, 5.41) is 23.8. The van der Waals surface area contributed by atoms with Crippen molar-refractivity contribution in [2.45, 2.75) is 98.6 Å². The first-order valence-electron chi connectivity index (χ1n) is 21.0. The zero-order valence-electron chi connectivity index (χ0n) is 38.1. The first kappa shape index (κ1) is 52.2. The Labute approximate surface area is 373 Å². The van der Waals surface area contributed by atoms with Crippen molar-refractivity contribution in [3.05, 3.63) is 137 Å². The fourth-order valence-corrected chi connectivity index (χ4v) is 6.23. The lowest BCUT2D eigenvalue weighted by Crippen LogP contribution is -2.32. The third-order valence-electron chi connectivity index (χ3n) is 8.99. The molecule has 2 N–H and O–H groups in total. The van der Waals surface area contributed by atoms with Crippen molar-refractivity contribution in [3.63, 3.8) is 0 Å². The van der Waals surface area contributed by atoms with E-state index < -0.39 is 16.5 Å². The Morgan fingerprint density at radius 1 is 0.677 bits per heavy atom. The number of phenols is 1. The summed E-state index contributed by atoms with van der Waals surface area (Å²) in [7, 11) is 16.9. The molecule has 6 aromatic carbocycles. The predicted molar refractivity (Wildman–Crippen MR) is 265 cm³/mol. The standard InChI is InChI=1S/C17H17BO.C15H11BO2.C11H8O2.C4H5BO.3C2H6/c1-11(2)15-10-12-6-4-5-7-13(12)16-14(15)8-9-17(3,18)19-16;1-15(16)7-6-13-11(9-17)8-10-4-2-3-5-12(10)14(13)18-15;12-7-8-5-9-3-1-2-4-10(9)11(13)6-8;1-3-4(2,5)6;3*1-2/h4-11H,1-3H3;2-9H,1H3;1-7,13H;1,6H,2H3;3*1-2H3. The summed E-state index contributed by atoms with van der Waals surface area (Å²) in [6.45, 7) is 21.4. The van der Waals surface area contributed by atoms with Gasteiger partial charge in [-0.15, -0.1) is 6.42 Å². The molecule has 3 unspecified atom stereocenters. The van der Waals surface area contributed by atoms with Crippen molar-refractivity contribution in [2.75, 3.05) is 0 Å². The van der Waals surface area contributed by atoms with E-state index in [-0.39, 0.29) is 5.75 Å². The lowest BCUT2D eigenvalue weighted by molar-refractivity contribution is 0.111. The van der Waals surface area contributed by atoms with E-state index in [1.165, 1.54) is 23.9 Å². The monoisotopic (exact) mass is 824 g/mol. The van der Waals surface area contributed by atoms with E-state index in [1.807, 2.05) is 127 Å². The van der Waals surface area contributed by atoms with Crippen LogP contribution in [0.5, 0.6) is 17.2 Å². The molecule has 0 saturated heterocycles. The van der Waals surface area contributed by atoms with Crippen molar-refractivity contribution < 1.29 is 29.3 Å². The first-order chi connectivity index (χ1) is 29.5. The average molecular weight is 824 g/mol. The van der Waals surface area contributed by atoms with E-state index in [9.17, 15) is 14.7 Å². The lowest BCUT2D eigenvalue weighted by atomic mass is 9.79. The van der Waals surface area contributed by atoms with E-state index >= 15 is 0 Å². The second kappa shape index (κ2) is 23.9. The number of phenolic OH excluding ortho intramolecular Hbond substituents is 1. The summed E-state index contributed by atoms with van der Waals surface area (Å²) >= 11 is 0. The van der Waals surface area contributed by atoms with Crippen LogP contribution in [0.1, 0.15) is 119 Å². The van der Waals surface area contributed by atoms with Gasteiger partial charge in [-0.2, -0.15) is 0 Å². The Morgan fingerprint density at radius 2 is 1.08 bits per heavy atom. The molecule has 0 amide bonds. The van der Waals surface area contributed by atoms with Gasteiger partial charge in [-0.1, -0.05) is 164 Å². The second-order valence-corrected chi connectivity index (χ2v) is 14.5. The first-order valence-corrected chi connectivity index (χ1v) is 21.0. The Balaban J connectivity index is 0.000000287. The highest BCUT2D eigenvalue weighted by Crippen LogP contribution is 2.41. The van der Waals surface area contributed by atoms with E-state index in [2.05, 4.69) is 50.6 Å². The number of carbonyl (C=O) groups is 2. The number of ether oxygens (including phenoxy) is 2. The molecule has 8 rings (SSSR count). The summed E-state index contributed by atoms with van der Waals surface area (Å²) in [4.78, 5) is 21.7. The predicted octanol–water partition coefficient (Wildman–Crippen LogP) is 12.1. The second-order valence-electron chi connectivity index (χ2n) is 14.5. The minimum absolute atomic E-state index is 0.153. The molecule has 0 bridgehead atoms. The average Bonchev–Trinajstić information content (AvgIpc) is 3.27. The van der Waals surface area contributed by atoms with Gasteiger partial charge in [0.25, 0.3) is 0 Å². The third-order valence-corrected chi connectivity index (χ3v) is 8.99. The highest BCUT2D eigenvalue weighted by Gasteiger charge is 2.26. The van der Waals surface area contributed by atoms with Crippen LogP contribution >= 0.6 is 0 Å². The molecule has 0 spiro atoms. The Bertz CT molecular complexity index is 2520. The van der Waals surface area contributed by atoms with E-state index in [0.29, 0.717) is 22.8 Å². The summed E-state index contributed by atoms with van der Waals surface area (Å²) < 4.78 is 11.8. The topological polar surface area (TPSA) is 93.1 Å². The molecule has 0 saturated carbocycles. The highest BCUT2D eigenvalue weighted by atomic mass is 16.5. The quantitative estimate of drug-likeness (QED) is 0.105. The molecule has 2 aliphatic heterocycles. The molecule has 6 radical (unpaired) electrons. The summed E-state index contributed by atoms with van der Waals surface area (Å²) in [6, 6.07) is 30.9. The van der Waals surface area contributed by atoms with Gasteiger partial charge < -0.3 is 19.7 Å². The zero-order chi connectivity index (χ0) is 46.8. The number of rotatable bonds is 3. The molecule has 0 fully saturated rings. The summed E-state index contributed by atoms with van der Waals surface area (Å²) in [5.41, 5.74) is 1.39. The number of carbonyl (C=O) groups excluding carboxylic acids is 2. The molecule has 0 aromatic heterocycles. The Kier molecular flexibility index (Phi) is 20.1. The van der Waals surface area contributed by atoms with Gasteiger partial charge in [-0.3, -0.25) is 9.59 Å². The van der Waals surface area contributed by atoms with Gasteiger partial charge >= 0.3 is 0 Å². The molecule has 9 heteroatoms. The number of hydrogen-bond donors (Lipinski definition) is 2. The third kappa shape index (κ3) is 14.0. The van der Waals surface area contributed by atoms with Gasteiger partial charge in [0.05, 0.1) is 16.5 Å². The van der Waals surface area contributed by atoms with Gasteiger partial charge in [0, 0.05) is 38.4 Å². The maximum absolute atomic E-state index is 11.2. The van der Waals surface area contributed by atoms with Crippen molar-refractivity contribution in [1.29, 1.82) is 0 Å². The lowest BCUT2D eigenvalue weighted by Gasteiger charge is -2.31. The largest absolute Gasteiger partial charge is 0.507 e. The number of hydrogen-bond acceptors (Lipinski definition) is 6. The zero-order valence-corrected chi connectivity index (χ0v) is 38.1. The molecular weight excluding hydrogens is 765 g/mol. The molecule has 2 aliphatic rings. The van der Waals surface area contributed by atoms with Crippen LogP contribution in [0.25, 0.3) is 44.5 Å². The minimum Gasteiger partial charge on any atom is -0.507 e. The fraction of sp³-hybridized carbons (Fsp3) is 0.283. The molecular formula is C53H59B3O6. The number of aromatic hydroxyl groups is 1. The number of benzene rings is 6. The molecule has 2 heterocycles. The normalized spacial score (nSPS) is 17.0. The maximum atomic E-state index is 11.2. The van der Waals surface area contributed by atoms with Crippen LogP contribution in [0.4, 0.5) is 0 Å². The van der Waals surface area contributed by atoms with E-state index in [0.717, 1.165) is 56.4 Å². The highest BCUT2D eigenvalue weighted by molar-refractivity contribution is 6.17. The van der Waals surface area contributed by atoms with Gasteiger partial charge in [-0.25, -0.2) is 0 Å². The van der Waals surface area contributed by atoms with Crippen LogP contribution in [-0.2, 0) is 0 Å². The van der Waals surface area contributed by atoms with Crippen molar-refractivity contribution in [1.82, 2.24) is 0 Å². The number of terminal acetylenes is 1. The van der Waals surface area contributed by atoms with Crippen LogP contribution in [0.2, 0.25) is 0 Å². The van der Waals surface area contributed by atoms with Crippen LogP contribution in [0.15, 0.2) is 109 Å². The number of aliphatic hydroxyl groups is 1. The van der Waals surface area contributed by atoms with Gasteiger partial charge in [0.15, 0.2) is 6.29 Å². The number of aldehydes is 2. The van der Waals surface area contributed by atoms with Gasteiger partial charge in [0.1, 0.15) is 47.1 Å². The molecule has 6 nitrogen and oxygen atoms in total. The van der Waals surface area contributed by atoms with Crippen molar-refractivity contribution >= 4 is 80.6 Å². The van der Waals surface area contributed by atoms with E-state index in [1.54, 1.807) is 19.1 Å². The Morgan fingerprint density at radius 3 is 1.52 bits per heavy atom. The summed E-state index contributed by atoms with van der Waals surface area (Å²) in [6.07, 6.45) is 13.9. The maximum Gasteiger partial charge on any atom is 0.150 e. The van der Waals surface area contributed by atoms with Gasteiger partial charge in [0.2, 0.25) is 0 Å². The molecule has 6 aromatic rings. The van der Waals surface area contributed by atoms with Crippen molar-refractivity contribution in [2.24, 2.45) is 0 Å². The summed E-state index contributed by atoms with van der Waals surface area (Å²) in [5.74, 6) is 4.14. The smallest absolute Gasteiger partial charge is 0.150 e. The van der Waals surface area contributed by atoms with Crippen LogP contribution in [0, 0.1) is 12.3 Å². The van der Waals surface area contributed by atoms with E-state index in [4.69, 9.17) is 38.1 Å². The van der Waals surface area contributed by atoms with Crippen LogP contribution in [-0.4, -0.2) is 62.8 Å². The molecule has 62 heavy (non-hydrogen) atoms. The van der Waals surface area contributed by atoms with Crippen LogP contribution in [0.3, 0.4) is 0 Å². The van der Waals surface area contributed by atoms with Crippen molar-refractivity contribution in [3.8, 4) is 29.6 Å². The molecule has 0 aliphatic carbocycles. The van der Waals surface area contributed by atoms with Crippen LogP contribution < -0.4 is 9.47 Å².